The second-order valence-electron chi connectivity index (χ2n) is 5.33. The number of halogens is 1. The lowest BCUT2D eigenvalue weighted by atomic mass is 9.91. The molecule has 0 aromatic heterocycles. The van der Waals surface area contributed by atoms with E-state index in [0.717, 1.165) is 23.9 Å². The zero-order valence-electron chi connectivity index (χ0n) is 11.3. The van der Waals surface area contributed by atoms with Gasteiger partial charge in [-0.25, -0.2) is 0 Å². The molecule has 1 fully saturated rings. The Bertz CT molecular complexity index is 405. The van der Waals surface area contributed by atoms with E-state index < -0.39 is 0 Å². The van der Waals surface area contributed by atoms with E-state index in [0.29, 0.717) is 12.6 Å². The van der Waals surface area contributed by atoms with Gasteiger partial charge >= 0.3 is 0 Å². The monoisotopic (exact) mass is 266 g/mol. The Hall–Kier alpha value is -0.730. The van der Waals surface area contributed by atoms with Gasteiger partial charge in [-0.2, -0.15) is 0 Å². The van der Waals surface area contributed by atoms with Crippen LogP contribution in [0.25, 0.3) is 0 Å². The number of hydrogen-bond donors (Lipinski definition) is 1. The summed E-state index contributed by atoms with van der Waals surface area (Å²) in [5, 5.41) is 0.850. The van der Waals surface area contributed by atoms with E-state index in [2.05, 4.69) is 24.8 Å². The first-order valence-electron chi connectivity index (χ1n) is 6.89. The third kappa shape index (κ3) is 2.65. The summed E-state index contributed by atoms with van der Waals surface area (Å²) in [6.45, 7) is 6.43. The first-order chi connectivity index (χ1) is 8.65. The van der Waals surface area contributed by atoms with Gasteiger partial charge in [0.15, 0.2) is 0 Å². The SMILES string of the molecule is CC1CCCN(c2cccc(Cl)c2CCN)C1C. The van der Waals surface area contributed by atoms with Crippen molar-refractivity contribution in [2.24, 2.45) is 11.7 Å². The zero-order chi connectivity index (χ0) is 13.1. The predicted octanol–water partition coefficient (Wildman–Crippen LogP) is 3.47. The predicted molar refractivity (Wildman–Crippen MR) is 79.4 cm³/mol. The molecule has 0 saturated carbocycles. The quantitative estimate of drug-likeness (QED) is 0.908. The van der Waals surface area contributed by atoms with E-state index >= 15 is 0 Å². The number of nitrogens with zero attached hydrogens (tertiary/aromatic N) is 1. The minimum Gasteiger partial charge on any atom is -0.368 e. The van der Waals surface area contributed by atoms with Crippen molar-refractivity contribution in [1.82, 2.24) is 0 Å². The van der Waals surface area contributed by atoms with Gasteiger partial charge in [-0.05, 0) is 56.3 Å². The summed E-state index contributed by atoms with van der Waals surface area (Å²) in [7, 11) is 0. The molecular weight excluding hydrogens is 244 g/mol. The second-order valence-corrected chi connectivity index (χ2v) is 5.74. The van der Waals surface area contributed by atoms with Gasteiger partial charge in [-0.3, -0.25) is 0 Å². The number of nitrogens with two attached hydrogens (primary N) is 1. The fourth-order valence-corrected chi connectivity index (χ4v) is 3.15. The molecule has 0 bridgehead atoms. The number of anilines is 1. The van der Waals surface area contributed by atoms with Gasteiger partial charge in [-0.15, -0.1) is 0 Å². The van der Waals surface area contributed by atoms with Gasteiger partial charge in [-0.1, -0.05) is 24.6 Å². The van der Waals surface area contributed by atoms with Gasteiger partial charge in [0.1, 0.15) is 0 Å². The van der Waals surface area contributed by atoms with E-state index in [1.54, 1.807) is 0 Å². The van der Waals surface area contributed by atoms with E-state index in [9.17, 15) is 0 Å². The lowest BCUT2D eigenvalue weighted by molar-refractivity contribution is 0.363. The molecule has 2 N–H and O–H groups in total. The minimum atomic E-state index is 0.578. The third-order valence-corrected chi connectivity index (χ3v) is 4.53. The number of hydrogen-bond acceptors (Lipinski definition) is 2. The van der Waals surface area contributed by atoms with Crippen LogP contribution in [0.15, 0.2) is 18.2 Å². The van der Waals surface area contributed by atoms with Crippen molar-refractivity contribution in [2.75, 3.05) is 18.0 Å². The van der Waals surface area contributed by atoms with Crippen LogP contribution in [-0.2, 0) is 6.42 Å². The smallest absolute Gasteiger partial charge is 0.0459 e. The van der Waals surface area contributed by atoms with Crippen LogP contribution in [0.1, 0.15) is 32.3 Å². The zero-order valence-corrected chi connectivity index (χ0v) is 12.1. The first-order valence-corrected chi connectivity index (χ1v) is 7.27. The molecule has 2 atom stereocenters. The summed E-state index contributed by atoms with van der Waals surface area (Å²) < 4.78 is 0. The maximum atomic E-state index is 6.33. The van der Waals surface area contributed by atoms with E-state index in [-0.39, 0.29) is 0 Å². The molecular formula is C15H23ClN2. The van der Waals surface area contributed by atoms with Gasteiger partial charge in [0, 0.05) is 23.3 Å². The highest BCUT2D eigenvalue weighted by molar-refractivity contribution is 6.31. The molecule has 1 saturated heterocycles. The fourth-order valence-electron chi connectivity index (χ4n) is 2.88. The normalized spacial score (nSPS) is 24.3. The summed E-state index contributed by atoms with van der Waals surface area (Å²) in [6, 6.07) is 6.78. The third-order valence-electron chi connectivity index (χ3n) is 4.17. The Balaban J connectivity index is 2.34. The Kier molecular flexibility index (Phi) is 4.52. The Labute approximate surface area is 115 Å². The highest BCUT2D eigenvalue weighted by Gasteiger charge is 2.26. The number of rotatable bonds is 3. The summed E-state index contributed by atoms with van der Waals surface area (Å²) in [5.74, 6) is 0.739. The first kappa shape index (κ1) is 13.7. The molecule has 1 aromatic rings. The van der Waals surface area contributed by atoms with Crippen LogP contribution >= 0.6 is 11.6 Å². The van der Waals surface area contributed by atoms with Crippen LogP contribution in [-0.4, -0.2) is 19.1 Å². The van der Waals surface area contributed by atoms with Crippen molar-refractivity contribution in [2.45, 2.75) is 39.2 Å². The van der Waals surface area contributed by atoms with Crippen LogP contribution in [0, 0.1) is 5.92 Å². The van der Waals surface area contributed by atoms with Crippen molar-refractivity contribution in [3.05, 3.63) is 28.8 Å². The van der Waals surface area contributed by atoms with Crippen LogP contribution in [0.4, 0.5) is 5.69 Å². The molecule has 0 radical (unpaired) electrons. The van der Waals surface area contributed by atoms with E-state index in [4.69, 9.17) is 17.3 Å². The molecule has 0 aliphatic carbocycles. The van der Waals surface area contributed by atoms with Gasteiger partial charge in [0.2, 0.25) is 0 Å². The Morgan fingerprint density at radius 2 is 2.17 bits per heavy atom. The molecule has 1 aliphatic heterocycles. The lowest BCUT2D eigenvalue weighted by Crippen LogP contribution is -2.43. The van der Waals surface area contributed by atoms with Crippen molar-refractivity contribution in [3.8, 4) is 0 Å². The average Bonchev–Trinajstić information content (AvgIpc) is 2.36. The molecule has 0 spiro atoms. The van der Waals surface area contributed by atoms with Crippen LogP contribution < -0.4 is 10.6 Å². The minimum absolute atomic E-state index is 0.578. The van der Waals surface area contributed by atoms with Crippen LogP contribution in [0.5, 0.6) is 0 Å². The maximum Gasteiger partial charge on any atom is 0.0459 e. The van der Waals surface area contributed by atoms with Crippen LogP contribution in [0.3, 0.4) is 0 Å². The Morgan fingerprint density at radius 1 is 1.39 bits per heavy atom. The number of piperidine rings is 1. The summed E-state index contributed by atoms with van der Waals surface area (Å²) in [6.07, 6.45) is 3.44. The highest BCUT2D eigenvalue weighted by Crippen LogP contribution is 2.33. The average molecular weight is 267 g/mol. The second kappa shape index (κ2) is 5.94. The lowest BCUT2D eigenvalue weighted by Gasteiger charge is -2.40. The molecule has 18 heavy (non-hydrogen) atoms. The van der Waals surface area contributed by atoms with Crippen molar-refractivity contribution in [1.29, 1.82) is 0 Å². The summed E-state index contributed by atoms with van der Waals surface area (Å²) >= 11 is 6.33. The van der Waals surface area contributed by atoms with Crippen LogP contribution in [0.2, 0.25) is 5.02 Å². The highest BCUT2D eigenvalue weighted by atomic mass is 35.5. The molecule has 3 heteroatoms. The molecule has 1 aliphatic rings. The molecule has 1 heterocycles. The molecule has 100 valence electrons. The largest absolute Gasteiger partial charge is 0.368 e. The van der Waals surface area contributed by atoms with Gasteiger partial charge in [0.05, 0.1) is 0 Å². The van der Waals surface area contributed by atoms with Crippen molar-refractivity contribution in [3.63, 3.8) is 0 Å². The van der Waals surface area contributed by atoms with Crippen molar-refractivity contribution < 1.29 is 0 Å². The van der Waals surface area contributed by atoms with Crippen molar-refractivity contribution >= 4 is 17.3 Å². The standard InChI is InChI=1S/C15H23ClN2/c1-11-5-4-10-18(12(11)2)15-7-3-6-14(16)13(15)8-9-17/h3,6-7,11-12H,4-5,8-10,17H2,1-2H3. The Morgan fingerprint density at radius 3 is 2.89 bits per heavy atom. The van der Waals surface area contributed by atoms with Gasteiger partial charge < -0.3 is 10.6 Å². The maximum absolute atomic E-state index is 6.33. The topological polar surface area (TPSA) is 29.3 Å². The summed E-state index contributed by atoms with van der Waals surface area (Å²) in [4.78, 5) is 2.50. The molecule has 2 nitrogen and oxygen atoms in total. The molecule has 2 unspecified atom stereocenters. The molecule has 2 rings (SSSR count). The summed E-state index contributed by atoms with van der Waals surface area (Å²) in [5.41, 5.74) is 8.21. The number of benzene rings is 1. The molecule has 1 aromatic carbocycles. The molecule has 0 amide bonds. The van der Waals surface area contributed by atoms with Gasteiger partial charge in [0.25, 0.3) is 0 Å². The van der Waals surface area contributed by atoms with E-state index in [1.165, 1.54) is 24.1 Å². The van der Waals surface area contributed by atoms with E-state index in [1.807, 2.05) is 12.1 Å². The fraction of sp³-hybridized carbons (Fsp3) is 0.600.